The number of hydrogen-bond donors (Lipinski definition) is 1. The van der Waals surface area contributed by atoms with Gasteiger partial charge in [-0.2, -0.15) is 4.31 Å². The molecule has 0 aromatic heterocycles. The largest absolute Gasteiger partial charge is 0.495 e. The average Bonchev–Trinajstić information content (AvgIpc) is 3.37. The van der Waals surface area contributed by atoms with Crippen molar-refractivity contribution in [3.05, 3.63) is 47.5 Å². The van der Waals surface area contributed by atoms with Gasteiger partial charge in [0.05, 0.1) is 13.2 Å². The van der Waals surface area contributed by atoms with E-state index in [0.29, 0.717) is 37.8 Å². The van der Waals surface area contributed by atoms with Crippen molar-refractivity contribution in [3.8, 4) is 17.2 Å². The van der Waals surface area contributed by atoms with Crippen LogP contribution in [0.1, 0.15) is 48.7 Å². The SMILES string of the molecule is COc1ccc(C(=O)NC(c2ccc3c(c2)OCCO3)C(C)C)cc1S(=O)(=O)N1CCCC1. The molecule has 0 aliphatic carbocycles. The Morgan fingerprint density at radius 1 is 1.03 bits per heavy atom. The van der Waals surface area contributed by atoms with Crippen LogP contribution in [0.5, 0.6) is 17.2 Å². The Hall–Kier alpha value is -2.78. The first kappa shape index (κ1) is 23.4. The number of rotatable bonds is 7. The van der Waals surface area contributed by atoms with Crippen molar-refractivity contribution in [3.63, 3.8) is 0 Å². The molecule has 0 spiro atoms. The highest BCUT2D eigenvalue weighted by atomic mass is 32.2. The normalized spacial score (nSPS) is 17.1. The highest BCUT2D eigenvalue weighted by Crippen LogP contribution is 2.35. The highest BCUT2D eigenvalue weighted by molar-refractivity contribution is 7.89. The van der Waals surface area contributed by atoms with Crippen LogP contribution in [0.4, 0.5) is 0 Å². The highest BCUT2D eigenvalue weighted by Gasteiger charge is 2.31. The Kier molecular flexibility index (Phi) is 6.81. The molecule has 9 heteroatoms. The number of amides is 1. The van der Waals surface area contributed by atoms with Gasteiger partial charge in [-0.3, -0.25) is 4.79 Å². The summed E-state index contributed by atoms with van der Waals surface area (Å²) in [5, 5.41) is 3.06. The van der Waals surface area contributed by atoms with Crippen molar-refractivity contribution in [2.75, 3.05) is 33.4 Å². The Morgan fingerprint density at radius 2 is 1.73 bits per heavy atom. The van der Waals surface area contributed by atoms with Crippen molar-refractivity contribution < 1.29 is 27.4 Å². The van der Waals surface area contributed by atoms with E-state index >= 15 is 0 Å². The van der Waals surface area contributed by atoms with Gasteiger partial charge < -0.3 is 19.5 Å². The standard InChI is InChI=1S/C24H30N2O6S/c1-16(2)23(17-6-8-19-21(14-17)32-13-12-31-19)25-24(27)18-7-9-20(30-3)22(15-18)33(28,29)26-10-4-5-11-26/h6-9,14-16,23H,4-5,10-13H2,1-3H3,(H,25,27). The van der Waals surface area contributed by atoms with E-state index < -0.39 is 10.0 Å². The second-order valence-electron chi connectivity index (χ2n) is 8.58. The van der Waals surface area contributed by atoms with E-state index in [1.54, 1.807) is 6.07 Å². The monoisotopic (exact) mass is 474 g/mol. The molecular weight excluding hydrogens is 444 g/mol. The van der Waals surface area contributed by atoms with Gasteiger partial charge in [0.1, 0.15) is 23.9 Å². The van der Waals surface area contributed by atoms with E-state index in [4.69, 9.17) is 14.2 Å². The quantitative estimate of drug-likeness (QED) is 0.661. The van der Waals surface area contributed by atoms with Crippen LogP contribution in [-0.4, -0.2) is 52.0 Å². The number of fused-ring (bicyclic) bond motifs is 1. The van der Waals surface area contributed by atoms with Crippen molar-refractivity contribution >= 4 is 15.9 Å². The summed E-state index contributed by atoms with van der Waals surface area (Å²) in [6.07, 6.45) is 1.65. The van der Waals surface area contributed by atoms with Crippen LogP contribution in [0.25, 0.3) is 0 Å². The van der Waals surface area contributed by atoms with Gasteiger partial charge in [0.2, 0.25) is 10.0 Å². The van der Waals surface area contributed by atoms with E-state index in [-0.39, 0.29) is 34.1 Å². The van der Waals surface area contributed by atoms with Gasteiger partial charge in [-0.15, -0.1) is 0 Å². The molecule has 2 aliphatic heterocycles. The molecule has 0 saturated carbocycles. The maximum absolute atomic E-state index is 13.2. The first-order valence-electron chi connectivity index (χ1n) is 11.2. The van der Waals surface area contributed by atoms with Crippen LogP contribution >= 0.6 is 0 Å². The first-order chi connectivity index (χ1) is 15.8. The molecule has 2 aliphatic rings. The van der Waals surface area contributed by atoms with E-state index in [1.807, 2.05) is 32.0 Å². The van der Waals surface area contributed by atoms with Crippen LogP contribution in [-0.2, 0) is 10.0 Å². The lowest BCUT2D eigenvalue weighted by atomic mass is 9.95. The van der Waals surface area contributed by atoms with E-state index in [9.17, 15) is 13.2 Å². The minimum absolute atomic E-state index is 0.0139. The summed E-state index contributed by atoms with van der Waals surface area (Å²) >= 11 is 0. The molecule has 2 aromatic rings. The number of methoxy groups -OCH3 is 1. The molecule has 8 nitrogen and oxygen atoms in total. The van der Waals surface area contributed by atoms with Crippen molar-refractivity contribution in [1.82, 2.24) is 9.62 Å². The lowest BCUT2D eigenvalue weighted by Crippen LogP contribution is -2.32. The summed E-state index contributed by atoms with van der Waals surface area (Å²) in [6.45, 7) is 5.97. The molecule has 0 bridgehead atoms. The third-order valence-corrected chi connectivity index (χ3v) is 7.91. The lowest BCUT2D eigenvalue weighted by Gasteiger charge is -2.25. The van der Waals surface area contributed by atoms with Crippen LogP contribution in [0.15, 0.2) is 41.3 Å². The molecule has 2 heterocycles. The van der Waals surface area contributed by atoms with Gasteiger partial charge in [0, 0.05) is 18.7 Å². The molecule has 1 fully saturated rings. The Labute approximate surface area is 194 Å². The van der Waals surface area contributed by atoms with Crippen molar-refractivity contribution in [1.29, 1.82) is 0 Å². The van der Waals surface area contributed by atoms with E-state index in [1.165, 1.54) is 23.5 Å². The number of carbonyl (C=O) groups is 1. The van der Waals surface area contributed by atoms with Gasteiger partial charge in [-0.05, 0) is 54.7 Å². The lowest BCUT2D eigenvalue weighted by molar-refractivity contribution is 0.0925. The fraction of sp³-hybridized carbons (Fsp3) is 0.458. The fourth-order valence-electron chi connectivity index (χ4n) is 4.20. The van der Waals surface area contributed by atoms with Crippen LogP contribution < -0.4 is 19.5 Å². The number of ether oxygens (including phenoxy) is 3. The molecular formula is C24H30N2O6S. The third kappa shape index (κ3) is 4.79. The molecule has 178 valence electrons. The van der Waals surface area contributed by atoms with E-state index in [0.717, 1.165) is 18.4 Å². The first-order valence-corrected chi connectivity index (χ1v) is 12.6. The summed E-state index contributed by atoms with van der Waals surface area (Å²) < 4.78 is 44.4. The van der Waals surface area contributed by atoms with Crippen LogP contribution in [0.3, 0.4) is 0 Å². The molecule has 0 radical (unpaired) electrons. The van der Waals surface area contributed by atoms with Gasteiger partial charge in [0.15, 0.2) is 11.5 Å². The molecule has 2 aromatic carbocycles. The summed E-state index contributed by atoms with van der Waals surface area (Å²) in [7, 11) is -2.32. The average molecular weight is 475 g/mol. The van der Waals surface area contributed by atoms with Crippen molar-refractivity contribution in [2.24, 2.45) is 5.92 Å². The second-order valence-corrected chi connectivity index (χ2v) is 10.5. The summed E-state index contributed by atoms with van der Waals surface area (Å²) in [4.78, 5) is 13.2. The van der Waals surface area contributed by atoms with E-state index in [2.05, 4.69) is 5.32 Å². The number of nitrogens with one attached hydrogen (secondary N) is 1. The second kappa shape index (κ2) is 9.61. The summed E-state index contributed by atoms with van der Waals surface area (Å²) in [6, 6.07) is 9.87. The number of nitrogens with zero attached hydrogens (tertiary/aromatic N) is 1. The third-order valence-electron chi connectivity index (χ3n) is 5.99. The van der Waals surface area contributed by atoms with Gasteiger partial charge in [-0.1, -0.05) is 19.9 Å². The zero-order chi connectivity index (χ0) is 23.6. The maximum Gasteiger partial charge on any atom is 0.251 e. The summed E-state index contributed by atoms with van der Waals surface area (Å²) in [5.74, 6) is 1.30. The summed E-state index contributed by atoms with van der Waals surface area (Å²) in [5.41, 5.74) is 1.15. The Bertz CT molecular complexity index is 1130. The molecule has 33 heavy (non-hydrogen) atoms. The topological polar surface area (TPSA) is 94.2 Å². The minimum atomic E-state index is -3.75. The van der Waals surface area contributed by atoms with Gasteiger partial charge in [0.25, 0.3) is 5.91 Å². The molecule has 1 unspecified atom stereocenters. The zero-order valence-electron chi connectivity index (χ0n) is 19.2. The molecule has 1 atom stereocenters. The fourth-order valence-corrected chi connectivity index (χ4v) is 5.90. The molecule has 1 saturated heterocycles. The van der Waals surface area contributed by atoms with Gasteiger partial charge in [-0.25, -0.2) is 8.42 Å². The number of hydrogen-bond acceptors (Lipinski definition) is 6. The Balaban J connectivity index is 1.61. The number of sulfonamides is 1. The predicted octanol–water partition coefficient (Wildman–Crippen LogP) is 3.38. The molecule has 1 amide bonds. The number of carbonyl (C=O) groups excluding carboxylic acids is 1. The zero-order valence-corrected chi connectivity index (χ0v) is 20.0. The molecule has 1 N–H and O–H groups in total. The minimum Gasteiger partial charge on any atom is -0.495 e. The van der Waals surface area contributed by atoms with Crippen LogP contribution in [0.2, 0.25) is 0 Å². The van der Waals surface area contributed by atoms with Crippen molar-refractivity contribution in [2.45, 2.75) is 37.6 Å². The maximum atomic E-state index is 13.2. The Morgan fingerprint density at radius 3 is 2.39 bits per heavy atom. The number of benzene rings is 2. The predicted molar refractivity (Wildman–Crippen MR) is 123 cm³/mol. The van der Waals surface area contributed by atoms with Crippen LogP contribution in [0, 0.1) is 5.92 Å². The van der Waals surface area contributed by atoms with Gasteiger partial charge >= 0.3 is 0 Å². The molecule has 4 rings (SSSR count). The smallest absolute Gasteiger partial charge is 0.251 e.